The first kappa shape index (κ1) is 12.3. The zero-order valence-corrected chi connectivity index (χ0v) is 10.5. The predicted molar refractivity (Wildman–Crippen MR) is 64.2 cm³/mol. The second kappa shape index (κ2) is 5.48. The van der Waals surface area contributed by atoms with E-state index in [-0.39, 0.29) is 12.1 Å². The highest BCUT2D eigenvalue weighted by Gasteiger charge is 2.33. The molecule has 1 saturated carbocycles. The minimum Gasteiger partial charge on any atom is -0.376 e. The van der Waals surface area contributed by atoms with Crippen molar-refractivity contribution in [2.24, 2.45) is 23.5 Å². The molecule has 0 aromatic heterocycles. The Morgan fingerprint density at radius 2 is 1.75 bits per heavy atom. The third kappa shape index (κ3) is 2.96. The van der Waals surface area contributed by atoms with E-state index in [1.807, 2.05) is 0 Å². The first-order valence-electron chi connectivity index (χ1n) is 6.61. The molecule has 0 aromatic carbocycles. The fourth-order valence-corrected chi connectivity index (χ4v) is 3.36. The Balaban J connectivity index is 1.89. The molecule has 1 saturated heterocycles. The van der Waals surface area contributed by atoms with Gasteiger partial charge in [0, 0.05) is 6.04 Å². The van der Waals surface area contributed by atoms with Crippen molar-refractivity contribution >= 4 is 0 Å². The van der Waals surface area contributed by atoms with E-state index in [9.17, 15) is 0 Å². The number of hydrogen-bond acceptors (Lipinski definition) is 3. The van der Waals surface area contributed by atoms with Crippen LogP contribution in [0, 0.1) is 17.8 Å². The molecule has 2 aliphatic rings. The quantitative estimate of drug-likeness (QED) is 0.782. The van der Waals surface area contributed by atoms with Gasteiger partial charge in [0.05, 0.1) is 25.9 Å². The highest BCUT2D eigenvalue weighted by molar-refractivity contribution is 4.87. The zero-order valence-electron chi connectivity index (χ0n) is 10.5. The molecule has 2 fully saturated rings. The Hall–Kier alpha value is -0.120. The van der Waals surface area contributed by atoms with Gasteiger partial charge in [0.1, 0.15) is 0 Å². The molecule has 2 rings (SSSR count). The van der Waals surface area contributed by atoms with Crippen LogP contribution in [-0.4, -0.2) is 32.0 Å². The fraction of sp³-hybridized carbons (Fsp3) is 1.00. The topological polar surface area (TPSA) is 44.5 Å². The SMILES string of the molecule is CC1CC(C)CC(C(N)C2COCCO2)C1. The minimum atomic E-state index is 0.122. The van der Waals surface area contributed by atoms with E-state index in [0.717, 1.165) is 18.4 Å². The van der Waals surface area contributed by atoms with E-state index < -0.39 is 0 Å². The van der Waals surface area contributed by atoms with Crippen LogP contribution in [0.1, 0.15) is 33.1 Å². The van der Waals surface area contributed by atoms with Crippen molar-refractivity contribution in [1.29, 1.82) is 0 Å². The summed E-state index contributed by atoms with van der Waals surface area (Å²) >= 11 is 0. The molecule has 0 spiro atoms. The molecule has 2 N–H and O–H groups in total. The first-order valence-corrected chi connectivity index (χ1v) is 6.61. The smallest absolute Gasteiger partial charge is 0.0962 e. The van der Waals surface area contributed by atoms with Gasteiger partial charge in [-0.2, -0.15) is 0 Å². The summed E-state index contributed by atoms with van der Waals surface area (Å²) in [6.45, 7) is 6.79. The summed E-state index contributed by atoms with van der Waals surface area (Å²) < 4.78 is 11.2. The van der Waals surface area contributed by atoms with E-state index in [1.54, 1.807) is 0 Å². The second-order valence-electron chi connectivity index (χ2n) is 5.74. The van der Waals surface area contributed by atoms with E-state index in [2.05, 4.69) is 13.8 Å². The van der Waals surface area contributed by atoms with Gasteiger partial charge in [-0.25, -0.2) is 0 Å². The molecule has 0 bridgehead atoms. The van der Waals surface area contributed by atoms with Crippen molar-refractivity contribution in [3.63, 3.8) is 0 Å². The van der Waals surface area contributed by atoms with Crippen LogP contribution in [0.4, 0.5) is 0 Å². The van der Waals surface area contributed by atoms with Gasteiger partial charge < -0.3 is 15.2 Å². The van der Waals surface area contributed by atoms with Crippen molar-refractivity contribution in [2.45, 2.75) is 45.3 Å². The molecule has 0 aromatic rings. The van der Waals surface area contributed by atoms with Crippen LogP contribution in [0.25, 0.3) is 0 Å². The fourth-order valence-electron chi connectivity index (χ4n) is 3.36. The standard InChI is InChI=1S/C13H25NO2/c1-9-5-10(2)7-11(6-9)13(14)12-8-15-3-4-16-12/h9-13H,3-8,14H2,1-2H3. The summed E-state index contributed by atoms with van der Waals surface area (Å²) in [5, 5.41) is 0. The van der Waals surface area contributed by atoms with Crippen LogP contribution in [0.3, 0.4) is 0 Å². The zero-order chi connectivity index (χ0) is 11.5. The van der Waals surface area contributed by atoms with Gasteiger partial charge in [-0.15, -0.1) is 0 Å². The van der Waals surface area contributed by atoms with Crippen molar-refractivity contribution in [3.05, 3.63) is 0 Å². The number of hydrogen-bond donors (Lipinski definition) is 1. The highest BCUT2D eigenvalue weighted by atomic mass is 16.6. The molecule has 4 atom stereocenters. The molecular weight excluding hydrogens is 202 g/mol. The van der Waals surface area contributed by atoms with Crippen LogP contribution >= 0.6 is 0 Å². The lowest BCUT2D eigenvalue weighted by atomic mass is 9.73. The summed E-state index contributed by atoms with van der Waals surface area (Å²) in [5.41, 5.74) is 6.34. The average Bonchev–Trinajstić information content (AvgIpc) is 2.28. The predicted octanol–water partition coefficient (Wildman–Crippen LogP) is 1.80. The average molecular weight is 227 g/mol. The van der Waals surface area contributed by atoms with Crippen LogP contribution in [0.5, 0.6) is 0 Å². The Labute approximate surface area is 98.7 Å². The molecule has 0 amide bonds. The van der Waals surface area contributed by atoms with E-state index in [1.165, 1.54) is 19.3 Å². The minimum absolute atomic E-state index is 0.122. The Morgan fingerprint density at radius 3 is 2.31 bits per heavy atom. The Kier molecular flexibility index (Phi) is 4.22. The van der Waals surface area contributed by atoms with Gasteiger partial charge >= 0.3 is 0 Å². The Bertz CT molecular complexity index is 206. The van der Waals surface area contributed by atoms with Gasteiger partial charge in [0.25, 0.3) is 0 Å². The molecule has 1 aliphatic carbocycles. The maximum absolute atomic E-state index is 6.34. The van der Waals surface area contributed by atoms with Crippen LogP contribution in [-0.2, 0) is 9.47 Å². The lowest BCUT2D eigenvalue weighted by molar-refractivity contribution is -0.106. The number of ether oxygens (including phenoxy) is 2. The van der Waals surface area contributed by atoms with Gasteiger partial charge in [-0.1, -0.05) is 13.8 Å². The highest BCUT2D eigenvalue weighted by Crippen LogP contribution is 2.35. The molecule has 3 nitrogen and oxygen atoms in total. The van der Waals surface area contributed by atoms with E-state index in [4.69, 9.17) is 15.2 Å². The van der Waals surface area contributed by atoms with Crippen molar-refractivity contribution in [2.75, 3.05) is 19.8 Å². The van der Waals surface area contributed by atoms with Gasteiger partial charge in [0.15, 0.2) is 0 Å². The van der Waals surface area contributed by atoms with E-state index in [0.29, 0.717) is 19.1 Å². The molecule has 3 heteroatoms. The summed E-state index contributed by atoms with van der Waals surface area (Å²) in [6.07, 6.45) is 3.98. The summed E-state index contributed by atoms with van der Waals surface area (Å²) in [7, 11) is 0. The molecule has 0 radical (unpaired) electrons. The van der Waals surface area contributed by atoms with Crippen LogP contribution in [0.15, 0.2) is 0 Å². The van der Waals surface area contributed by atoms with Crippen molar-refractivity contribution in [3.8, 4) is 0 Å². The van der Waals surface area contributed by atoms with Gasteiger partial charge in [-0.3, -0.25) is 0 Å². The molecule has 1 heterocycles. The van der Waals surface area contributed by atoms with Crippen LogP contribution in [0.2, 0.25) is 0 Å². The normalized spacial score (nSPS) is 42.9. The molecule has 16 heavy (non-hydrogen) atoms. The number of rotatable bonds is 2. The lowest BCUT2D eigenvalue weighted by Gasteiger charge is -2.39. The third-order valence-corrected chi connectivity index (χ3v) is 4.03. The van der Waals surface area contributed by atoms with Crippen molar-refractivity contribution < 1.29 is 9.47 Å². The monoisotopic (exact) mass is 227 g/mol. The Morgan fingerprint density at radius 1 is 1.06 bits per heavy atom. The van der Waals surface area contributed by atoms with Crippen molar-refractivity contribution in [1.82, 2.24) is 0 Å². The largest absolute Gasteiger partial charge is 0.376 e. The molecule has 94 valence electrons. The second-order valence-corrected chi connectivity index (χ2v) is 5.74. The lowest BCUT2D eigenvalue weighted by Crippen LogP contribution is -2.49. The third-order valence-electron chi connectivity index (χ3n) is 4.03. The van der Waals surface area contributed by atoms with E-state index >= 15 is 0 Å². The number of nitrogens with two attached hydrogens (primary N) is 1. The summed E-state index contributed by atoms with van der Waals surface area (Å²) in [4.78, 5) is 0. The maximum Gasteiger partial charge on any atom is 0.0962 e. The molecular formula is C13H25NO2. The van der Waals surface area contributed by atoms with Gasteiger partial charge in [-0.05, 0) is 37.0 Å². The molecule has 4 unspecified atom stereocenters. The summed E-state index contributed by atoms with van der Waals surface area (Å²) in [5.74, 6) is 2.24. The van der Waals surface area contributed by atoms with Gasteiger partial charge in [0.2, 0.25) is 0 Å². The summed E-state index contributed by atoms with van der Waals surface area (Å²) in [6, 6.07) is 0.158. The first-order chi connectivity index (χ1) is 7.66. The van der Waals surface area contributed by atoms with Crippen LogP contribution < -0.4 is 5.73 Å². The molecule has 1 aliphatic heterocycles. The maximum atomic E-state index is 6.34.